The van der Waals surface area contributed by atoms with Crippen LogP contribution in [0.3, 0.4) is 0 Å². The summed E-state index contributed by atoms with van der Waals surface area (Å²) in [6.07, 6.45) is 5.42. The van der Waals surface area contributed by atoms with E-state index in [1.54, 1.807) is 42.2 Å². The monoisotopic (exact) mass is 882 g/mol. The SMILES string of the molecule is Cc1c(NC(=O)c2cn(C(C)(C)C)nn2)cc(F)cc1-c1ccnc(Nc2ccc(N3CCN(CC4CCN(c5ccc6c(c5)C(=O)N(C5CCC(=O)NC5=O)C6=O)CC4)CC3)cc2)n1. The summed E-state index contributed by atoms with van der Waals surface area (Å²) in [7, 11) is 0. The molecule has 65 heavy (non-hydrogen) atoms. The molecule has 18 heteroatoms. The molecule has 3 saturated heterocycles. The number of carbonyl (C=O) groups is 5. The van der Waals surface area contributed by atoms with Crippen molar-refractivity contribution in [1.29, 1.82) is 0 Å². The van der Waals surface area contributed by atoms with Gasteiger partial charge in [-0.15, -0.1) is 5.10 Å². The molecule has 0 aliphatic carbocycles. The lowest BCUT2D eigenvalue weighted by molar-refractivity contribution is -0.136. The molecule has 4 aliphatic heterocycles. The van der Waals surface area contributed by atoms with Crippen LogP contribution in [0.5, 0.6) is 0 Å². The van der Waals surface area contributed by atoms with Crippen LogP contribution in [0.1, 0.15) is 83.2 Å². The fourth-order valence-electron chi connectivity index (χ4n) is 8.99. The van der Waals surface area contributed by atoms with Crippen LogP contribution in [0.15, 0.2) is 73.1 Å². The number of imide groups is 2. The fraction of sp³-hybridized carbons (Fsp3) is 0.383. The van der Waals surface area contributed by atoms with E-state index in [4.69, 9.17) is 0 Å². The first-order valence-corrected chi connectivity index (χ1v) is 22.0. The second kappa shape index (κ2) is 17.5. The number of hydrogen-bond donors (Lipinski definition) is 3. The third-order valence-electron chi connectivity index (χ3n) is 12.7. The van der Waals surface area contributed by atoms with Crippen LogP contribution < -0.4 is 25.8 Å². The van der Waals surface area contributed by atoms with Gasteiger partial charge in [0, 0.05) is 86.7 Å². The van der Waals surface area contributed by atoms with E-state index < -0.39 is 41.4 Å². The molecule has 9 rings (SSSR count). The number of halogens is 1. The number of nitrogens with one attached hydrogen (secondary N) is 3. The minimum atomic E-state index is -0.979. The number of rotatable bonds is 10. The Morgan fingerprint density at radius 1 is 0.831 bits per heavy atom. The van der Waals surface area contributed by atoms with Crippen LogP contribution in [0.4, 0.5) is 33.1 Å². The van der Waals surface area contributed by atoms with E-state index in [0.717, 1.165) is 80.6 Å². The van der Waals surface area contributed by atoms with Gasteiger partial charge < -0.3 is 20.4 Å². The summed E-state index contributed by atoms with van der Waals surface area (Å²) in [6, 6.07) is 16.9. The predicted molar refractivity (Wildman–Crippen MR) is 242 cm³/mol. The van der Waals surface area contributed by atoms with E-state index in [0.29, 0.717) is 45.5 Å². The van der Waals surface area contributed by atoms with Crippen molar-refractivity contribution >= 4 is 58.2 Å². The van der Waals surface area contributed by atoms with Gasteiger partial charge in [0.05, 0.1) is 28.6 Å². The molecule has 1 unspecified atom stereocenters. The third-order valence-corrected chi connectivity index (χ3v) is 12.7. The highest BCUT2D eigenvalue weighted by molar-refractivity contribution is 6.23. The van der Waals surface area contributed by atoms with Crippen LogP contribution >= 0.6 is 0 Å². The molecule has 5 amide bonds. The van der Waals surface area contributed by atoms with Crippen molar-refractivity contribution < 1.29 is 28.4 Å². The first-order valence-electron chi connectivity index (χ1n) is 22.0. The number of carbonyl (C=O) groups excluding carboxylic acids is 5. The molecule has 3 fully saturated rings. The fourth-order valence-corrected chi connectivity index (χ4v) is 8.99. The van der Waals surface area contributed by atoms with E-state index in [2.05, 4.69) is 63.1 Å². The first kappa shape index (κ1) is 43.2. The highest BCUT2D eigenvalue weighted by Gasteiger charge is 2.45. The molecule has 2 aromatic heterocycles. The van der Waals surface area contributed by atoms with Gasteiger partial charge in [0.25, 0.3) is 17.7 Å². The van der Waals surface area contributed by atoms with E-state index in [1.165, 1.54) is 12.1 Å². The van der Waals surface area contributed by atoms with Gasteiger partial charge in [-0.05, 0) is 119 Å². The standard InChI is InChI=1S/C47H51FN12O5/c1-28-35(23-30(48)24-38(28)51-42(62)39-27-59(55-54-39)47(2,3)4)37-13-16-49-46(52-37)50-31-5-7-32(8-6-31)58-21-19-56(20-22-58)26-29-14-17-57(18-15-29)33-9-10-34-36(25-33)45(65)60(44(34)64)40-11-12-41(61)53-43(40)63/h5-10,13,16,23-25,27,29,40H,11-12,14-15,17-22,26H2,1-4H3,(H,51,62)(H,49,50,52)(H,53,61,63). The predicted octanol–water partition coefficient (Wildman–Crippen LogP) is 5.37. The number of piperazine rings is 1. The molecule has 0 spiro atoms. The Kier molecular flexibility index (Phi) is 11.6. The smallest absolute Gasteiger partial charge is 0.277 e. The van der Waals surface area contributed by atoms with Crippen LogP contribution in [0.2, 0.25) is 0 Å². The van der Waals surface area contributed by atoms with Gasteiger partial charge in [0.1, 0.15) is 11.9 Å². The second-order valence-electron chi connectivity index (χ2n) is 18.1. The van der Waals surface area contributed by atoms with Gasteiger partial charge in [0.15, 0.2) is 5.69 Å². The van der Waals surface area contributed by atoms with Crippen LogP contribution in [0, 0.1) is 18.7 Å². The van der Waals surface area contributed by atoms with E-state index in [-0.39, 0.29) is 24.1 Å². The molecule has 1 atom stereocenters. The van der Waals surface area contributed by atoms with Crippen molar-refractivity contribution in [3.63, 3.8) is 0 Å². The zero-order valence-corrected chi connectivity index (χ0v) is 36.8. The van der Waals surface area contributed by atoms with Crippen molar-refractivity contribution in [3.8, 4) is 11.3 Å². The summed E-state index contributed by atoms with van der Waals surface area (Å²) in [5.74, 6) is -2.12. The van der Waals surface area contributed by atoms with Crippen molar-refractivity contribution in [2.24, 2.45) is 5.92 Å². The Balaban J connectivity index is 0.750. The quantitative estimate of drug-likeness (QED) is 0.152. The van der Waals surface area contributed by atoms with Crippen molar-refractivity contribution in [1.82, 2.24) is 40.1 Å². The van der Waals surface area contributed by atoms with E-state index in [1.807, 2.05) is 39.0 Å². The minimum absolute atomic E-state index is 0.0865. The Labute approximate surface area is 375 Å². The average molecular weight is 883 g/mol. The number of hydrogen-bond acceptors (Lipinski definition) is 13. The van der Waals surface area contributed by atoms with Crippen LogP contribution in [-0.4, -0.2) is 116 Å². The summed E-state index contributed by atoms with van der Waals surface area (Å²) in [6.45, 7) is 14.1. The highest BCUT2D eigenvalue weighted by atomic mass is 19.1. The number of nitrogens with zero attached hydrogens (tertiary/aromatic N) is 9. The Morgan fingerprint density at radius 2 is 1.54 bits per heavy atom. The van der Waals surface area contributed by atoms with Gasteiger partial charge in [-0.2, -0.15) is 0 Å². The summed E-state index contributed by atoms with van der Waals surface area (Å²) < 4.78 is 16.6. The van der Waals surface area contributed by atoms with Gasteiger partial charge >= 0.3 is 0 Å². The second-order valence-corrected chi connectivity index (χ2v) is 18.1. The lowest BCUT2D eigenvalue weighted by atomic mass is 9.95. The lowest BCUT2D eigenvalue weighted by Gasteiger charge is -2.40. The number of anilines is 5. The maximum absolute atomic E-state index is 15.0. The highest BCUT2D eigenvalue weighted by Crippen LogP contribution is 2.34. The third kappa shape index (κ3) is 9.03. The number of piperidine rings is 2. The number of fused-ring (bicyclic) bond motifs is 1. The van der Waals surface area contributed by atoms with Crippen molar-refractivity contribution in [2.45, 2.75) is 65.0 Å². The van der Waals surface area contributed by atoms with E-state index in [9.17, 15) is 28.4 Å². The Bertz CT molecular complexity index is 2680. The normalized spacial score (nSPS) is 18.5. The number of aromatic nitrogens is 5. The minimum Gasteiger partial charge on any atom is -0.371 e. The summed E-state index contributed by atoms with van der Waals surface area (Å²) in [4.78, 5) is 81.0. The largest absolute Gasteiger partial charge is 0.371 e. The van der Waals surface area contributed by atoms with Crippen molar-refractivity contribution in [2.75, 3.05) is 66.2 Å². The topological polar surface area (TPSA) is 191 Å². The molecule has 5 aromatic rings. The summed E-state index contributed by atoms with van der Waals surface area (Å²) in [5.41, 5.74) is 5.13. The van der Waals surface area contributed by atoms with Gasteiger partial charge in [-0.3, -0.25) is 39.1 Å². The summed E-state index contributed by atoms with van der Waals surface area (Å²) >= 11 is 0. The molecular formula is C47H51FN12O5. The van der Waals surface area contributed by atoms with Gasteiger partial charge in [0.2, 0.25) is 17.8 Å². The lowest BCUT2D eigenvalue weighted by Crippen LogP contribution is -2.54. The van der Waals surface area contributed by atoms with E-state index >= 15 is 0 Å². The molecular weight excluding hydrogens is 832 g/mol. The van der Waals surface area contributed by atoms with Gasteiger partial charge in [-0.1, -0.05) is 5.21 Å². The first-order chi connectivity index (χ1) is 31.2. The zero-order valence-electron chi connectivity index (χ0n) is 36.8. The molecule has 4 aliphatic rings. The maximum Gasteiger partial charge on any atom is 0.277 e. The molecule has 0 radical (unpaired) electrons. The van der Waals surface area contributed by atoms with Crippen molar-refractivity contribution in [3.05, 3.63) is 101 Å². The number of benzene rings is 3. The molecule has 6 heterocycles. The van der Waals surface area contributed by atoms with Crippen LogP contribution in [-0.2, 0) is 15.1 Å². The Morgan fingerprint density at radius 3 is 2.25 bits per heavy atom. The molecule has 17 nitrogen and oxygen atoms in total. The molecule has 0 saturated carbocycles. The molecule has 336 valence electrons. The number of amides is 5. The average Bonchev–Trinajstić information content (AvgIpc) is 3.89. The molecule has 3 N–H and O–H groups in total. The molecule has 0 bridgehead atoms. The van der Waals surface area contributed by atoms with Crippen LogP contribution in [0.25, 0.3) is 11.3 Å². The van der Waals surface area contributed by atoms with Gasteiger partial charge in [-0.25, -0.2) is 19.0 Å². The Hall–Kier alpha value is -7.08. The molecule has 3 aromatic carbocycles. The maximum atomic E-state index is 15.0. The zero-order chi connectivity index (χ0) is 45.6. The summed E-state index contributed by atoms with van der Waals surface area (Å²) in [5, 5.41) is 16.4.